The lowest BCUT2D eigenvalue weighted by Gasteiger charge is -2.15. The Morgan fingerprint density at radius 2 is 2.12 bits per heavy atom. The molecule has 11 heteroatoms. The van der Waals surface area contributed by atoms with Gasteiger partial charge < -0.3 is 10.6 Å². The van der Waals surface area contributed by atoms with Crippen molar-refractivity contribution in [2.45, 2.75) is 57.8 Å². The van der Waals surface area contributed by atoms with Crippen LogP contribution in [0.3, 0.4) is 0 Å². The zero-order chi connectivity index (χ0) is 18.7. The zero-order valence-electron chi connectivity index (χ0n) is 15.2. The Bertz CT molecular complexity index is 727. The Labute approximate surface area is 153 Å². The van der Waals surface area contributed by atoms with Gasteiger partial charge in [-0.25, -0.2) is 4.68 Å². The largest absolute Gasteiger partial charge is 0.353 e. The molecular formula is C15H27N7O3S. The van der Waals surface area contributed by atoms with Gasteiger partial charge in [-0.15, -0.1) is 5.10 Å². The Morgan fingerprint density at radius 1 is 1.38 bits per heavy atom. The quantitative estimate of drug-likeness (QED) is 0.561. The lowest BCUT2D eigenvalue weighted by atomic mass is 10.1. The van der Waals surface area contributed by atoms with Crippen LogP contribution in [0.5, 0.6) is 0 Å². The van der Waals surface area contributed by atoms with Crippen molar-refractivity contribution in [1.82, 2.24) is 34.7 Å². The van der Waals surface area contributed by atoms with Crippen LogP contribution in [0.2, 0.25) is 0 Å². The maximum absolute atomic E-state index is 12.2. The molecule has 10 nitrogen and oxygen atoms in total. The molecule has 1 aromatic heterocycles. The van der Waals surface area contributed by atoms with Crippen molar-refractivity contribution in [3.63, 3.8) is 0 Å². The van der Waals surface area contributed by atoms with Crippen molar-refractivity contribution >= 4 is 16.1 Å². The predicted molar refractivity (Wildman–Crippen MR) is 95.3 cm³/mol. The number of nitrogens with zero attached hydrogens (tertiary/aromatic N) is 4. The van der Waals surface area contributed by atoms with Gasteiger partial charge in [0.05, 0.1) is 30.5 Å². The molecule has 2 fully saturated rings. The summed E-state index contributed by atoms with van der Waals surface area (Å²) in [4.78, 5) is 12.1. The maximum atomic E-state index is 12.2. The van der Waals surface area contributed by atoms with Gasteiger partial charge in [0.15, 0.2) is 0 Å². The van der Waals surface area contributed by atoms with Crippen molar-refractivity contribution in [2.24, 2.45) is 0 Å². The van der Waals surface area contributed by atoms with E-state index in [1.54, 1.807) is 10.9 Å². The van der Waals surface area contributed by atoms with E-state index in [-0.39, 0.29) is 30.6 Å². The van der Waals surface area contributed by atoms with Crippen LogP contribution >= 0.6 is 0 Å². The number of carbonyl (C=O) groups excluding carboxylic acids is 1. The monoisotopic (exact) mass is 385 g/mol. The van der Waals surface area contributed by atoms with Crippen LogP contribution in [-0.2, 0) is 21.5 Å². The number of aromatic nitrogens is 3. The van der Waals surface area contributed by atoms with Crippen molar-refractivity contribution in [3.05, 3.63) is 11.9 Å². The highest BCUT2D eigenvalue weighted by Gasteiger charge is 2.31. The lowest BCUT2D eigenvalue weighted by molar-refractivity contribution is -0.123. The normalized spacial score (nSPS) is 24.4. The summed E-state index contributed by atoms with van der Waals surface area (Å²) in [5, 5.41) is 14.2. The van der Waals surface area contributed by atoms with Crippen LogP contribution in [0.1, 0.15) is 44.8 Å². The minimum absolute atomic E-state index is 0.0128. The van der Waals surface area contributed by atoms with Gasteiger partial charge in [0.1, 0.15) is 0 Å². The first kappa shape index (κ1) is 19.2. The fourth-order valence-electron chi connectivity index (χ4n) is 3.26. The first-order valence-electron chi connectivity index (χ1n) is 9.04. The van der Waals surface area contributed by atoms with Gasteiger partial charge in [0, 0.05) is 25.7 Å². The molecular weight excluding hydrogens is 358 g/mol. The zero-order valence-corrected chi connectivity index (χ0v) is 16.0. The molecule has 0 bridgehead atoms. The first-order valence-corrected chi connectivity index (χ1v) is 10.5. The molecule has 0 radical (unpaired) electrons. The molecule has 26 heavy (non-hydrogen) atoms. The van der Waals surface area contributed by atoms with Gasteiger partial charge in [-0.1, -0.05) is 5.21 Å². The highest BCUT2D eigenvalue weighted by atomic mass is 32.2. The average molecular weight is 385 g/mol. The van der Waals surface area contributed by atoms with Crippen molar-refractivity contribution in [3.8, 4) is 0 Å². The maximum Gasteiger partial charge on any atom is 0.279 e. The van der Waals surface area contributed by atoms with Gasteiger partial charge in [-0.05, 0) is 33.1 Å². The van der Waals surface area contributed by atoms with Gasteiger partial charge in [-0.2, -0.15) is 17.4 Å². The minimum Gasteiger partial charge on any atom is -0.353 e. The third kappa shape index (κ3) is 4.58. The second kappa shape index (κ2) is 7.99. The summed E-state index contributed by atoms with van der Waals surface area (Å²) >= 11 is 0. The fraction of sp³-hybridized carbons (Fsp3) is 0.800. The van der Waals surface area contributed by atoms with Crippen LogP contribution in [-0.4, -0.2) is 65.3 Å². The van der Waals surface area contributed by atoms with E-state index in [0.717, 1.165) is 12.8 Å². The second-order valence-electron chi connectivity index (χ2n) is 7.14. The van der Waals surface area contributed by atoms with Crippen molar-refractivity contribution in [1.29, 1.82) is 0 Å². The molecule has 3 heterocycles. The molecule has 1 amide bonds. The summed E-state index contributed by atoms with van der Waals surface area (Å²) in [6.07, 6.45) is 4.16. The Kier molecular flexibility index (Phi) is 5.90. The number of amides is 1. The Hall–Kier alpha value is -1.56. The van der Waals surface area contributed by atoms with E-state index in [9.17, 15) is 13.2 Å². The minimum atomic E-state index is -3.46. The van der Waals surface area contributed by atoms with E-state index in [4.69, 9.17) is 0 Å². The van der Waals surface area contributed by atoms with Gasteiger partial charge in [-0.3, -0.25) is 4.79 Å². The second-order valence-corrected chi connectivity index (χ2v) is 8.89. The lowest BCUT2D eigenvalue weighted by Crippen LogP contribution is -2.43. The number of carbonyl (C=O) groups is 1. The van der Waals surface area contributed by atoms with Crippen molar-refractivity contribution < 1.29 is 13.2 Å². The molecule has 2 aliphatic heterocycles. The molecule has 2 saturated heterocycles. The summed E-state index contributed by atoms with van der Waals surface area (Å²) in [7, 11) is -3.46. The van der Waals surface area contributed by atoms with Gasteiger partial charge in [0.25, 0.3) is 10.2 Å². The first-order chi connectivity index (χ1) is 12.3. The molecule has 0 unspecified atom stereocenters. The average Bonchev–Trinajstić information content (AvgIpc) is 3.32. The molecule has 2 aliphatic rings. The summed E-state index contributed by atoms with van der Waals surface area (Å²) < 4.78 is 30.1. The number of hydrogen-bond donors (Lipinski definition) is 3. The van der Waals surface area contributed by atoms with E-state index < -0.39 is 10.2 Å². The smallest absolute Gasteiger partial charge is 0.279 e. The number of nitrogens with one attached hydrogen (secondary N) is 3. The van der Waals surface area contributed by atoms with Crippen LogP contribution in [0.25, 0.3) is 0 Å². The highest BCUT2D eigenvalue weighted by molar-refractivity contribution is 7.87. The van der Waals surface area contributed by atoms with E-state index >= 15 is 0 Å². The predicted octanol–water partition coefficient (Wildman–Crippen LogP) is -0.864. The Balaban J connectivity index is 1.53. The molecule has 0 aliphatic carbocycles. The number of hydrogen-bond acceptors (Lipinski definition) is 6. The summed E-state index contributed by atoms with van der Waals surface area (Å²) in [5.74, 6) is -0.0128. The SMILES string of the molecule is CC(C)NC(=O)[C@@H]1C[C@@H](n2cc(CNS(=O)(=O)N3CCCC3)nn2)CN1. The van der Waals surface area contributed by atoms with E-state index in [0.29, 0.717) is 31.7 Å². The fourth-order valence-corrected chi connectivity index (χ4v) is 4.51. The van der Waals surface area contributed by atoms with Crippen LogP contribution in [0, 0.1) is 0 Å². The van der Waals surface area contributed by atoms with Gasteiger partial charge >= 0.3 is 0 Å². The molecule has 146 valence electrons. The van der Waals surface area contributed by atoms with E-state index in [1.807, 2.05) is 13.8 Å². The van der Waals surface area contributed by atoms with E-state index in [1.165, 1.54) is 4.31 Å². The number of rotatable bonds is 7. The third-order valence-corrected chi connectivity index (χ3v) is 6.18. The van der Waals surface area contributed by atoms with E-state index in [2.05, 4.69) is 25.7 Å². The molecule has 0 spiro atoms. The van der Waals surface area contributed by atoms with Crippen LogP contribution < -0.4 is 15.4 Å². The third-order valence-electron chi connectivity index (χ3n) is 4.63. The summed E-state index contributed by atoms with van der Waals surface area (Å²) in [5.41, 5.74) is 0.558. The Morgan fingerprint density at radius 3 is 2.81 bits per heavy atom. The molecule has 3 rings (SSSR count). The molecule has 0 saturated carbocycles. The molecule has 0 aromatic carbocycles. The molecule has 1 aromatic rings. The summed E-state index contributed by atoms with van der Waals surface area (Å²) in [6.45, 7) is 5.72. The summed E-state index contributed by atoms with van der Waals surface area (Å²) in [6, 6.07) is -0.122. The highest BCUT2D eigenvalue weighted by Crippen LogP contribution is 2.19. The standard InChI is InChI=1S/C15H27N7O3S/c1-11(2)18-15(23)14-7-13(9-16-14)22-10-12(19-20-22)8-17-26(24,25)21-5-3-4-6-21/h10-11,13-14,16-17H,3-9H2,1-2H3,(H,18,23)/t13-,14+/m1/s1. The van der Waals surface area contributed by atoms with Crippen LogP contribution in [0.15, 0.2) is 6.20 Å². The topological polar surface area (TPSA) is 121 Å². The molecule has 3 N–H and O–H groups in total. The van der Waals surface area contributed by atoms with Gasteiger partial charge in [0.2, 0.25) is 5.91 Å². The van der Waals surface area contributed by atoms with Crippen molar-refractivity contribution in [2.75, 3.05) is 19.6 Å². The molecule has 2 atom stereocenters. The van der Waals surface area contributed by atoms with Crippen LogP contribution in [0.4, 0.5) is 0 Å².